The van der Waals surface area contributed by atoms with Gasteiger partial charge in [-0.25, -0.2) is 4.99 Å². The lowest BCUT2D eigenvalue weighted by molar-refractivity contribution is 0.0376. The minimum Gasteiger partial charge on any atom is -0.379 e. The molecule has 8 nitrogen and oxygen atoms in total. The molecule has 1 aliphatic rings. The van der Waals surface area contributed by atoms with E-state index >= 15 is 0 Å². The molecule has 3 rings (SSSR count). The molecule has 0 saturated carbocycles. The Morgan fingerprint density at radius 3 is 2.85 bits per heavy atom. The standard InChI is InChI=1S/C18H29N7OS/c1-15-22-23-17(24(15)2)13-21-18(20-12-16-4-11-27-14-16)19-5-3-6-25-7-9-26-10-8-25/h4,11,14H,3,5-10,12-13H2,1-2H3,(H2,19,20,21). The van der Waals surface area contributed by atoms with Crippen molar-refractivity contribution in [2.24, 2.45) is 12.0 Å². The average molecular weight is 392 g/mol. The Labute approximate surface area is 164 Å². The van der Waals surface area contributed by atoms with E-state index in [-0.39, 0.29) is 0 Å². The van der Waals surface area contributed by atoms with Crippen LogP contribution in [0, 0.1) is 6.92 Å². The fraction of sp³-hybridized carbons (Fsp3) is 0.611. The maximum atomic E-state index is 5.40. The number of thiophene rings is 1. The number of hydrogen-bond donors (Lipinski definition) is 2. The first-order valence-electron chi connectivity index (χ1n) is 9.40. The van der Waals surface area contributed by atoms with Crippen molar-refractivity contribution in [1.82, 2.24) is 30.3 Å². The Morgan fingerprint density at radius 1 is 1.30 bits per heavy atom. The highest BCUT2D eigenvalue weighted by molar-refractivity contribution is 7.07. The van der Waals surface area contributed by atoms with E-state index in [1.54, 1.807) is 11.3 Å². The zero-order valence-electron chi connectivity index (χ0n) is 16.1. The maximum Gasteiger partial charge on any atom is 0.191 e. The van der Waals surface area contributed by atoms with Crippen LogP contribution >= 0.6 is 11.3 Å². The molecule has 1 aliphatic heterocycles. The number of aromatic nitrogens is 3. The van der Waals surface area contributed by atoms with Crippen molar-refractivity contribution in [3.8, 4) is 0 Å². The van der Waals surface area contributed by atoms with E-state index in [0.717, 1.165) is 63.4 Å². The number of nitrogens with one attached hydrogen (secondary N) is 2. The highest BCUT2D eigenvalue weighted by Gasteiger charge is 2.10. The van der Waals surface area contributed by atoms with Gasteiger partial charge in [0.1, 0.15) is 5.82 Å². The van der Waals surface area contributed by atoms with E-state index in [0.29, 0.717) is 13.1 Å². The molecule has 1 fully saturated rings. The number of rotatable bonds is 8. The lowest BCUT2D eigenvalue weighted by Crippen LogP contribution is -2.40. The van der Waals surface area contributed by atoms with E-state index in [2.05, 4.69) is 42.6 Å². The van der Waals surface area contributed by atoms with Gasteiger partial charge in [0.05, 0.1) is 26.3 Å². The van der Waals surface area contributed by atoms with Crippen LogP contribution in [0.1, 0.15) is 23.6 Å². The largest absolute Gasteiger partial charge is 0.379 e. The van der Waals surface area contributed by atoms with Gasteiger partial charge in [-0.05, 0) is 42.3 Å². The number of morpholine rings is 1. The first-order chi connectivity index (χ1) is 13.2. The minimum absolute atomic E-state index is 0.594. The highest BCUT2D eigenvalue weighted by atomic mass is 32.1. The third kappa shape index (κ3) is 6.30. The summed E-state index contributed by atoms with van der Waals surface area (Å²) in [4.78, 5) is 7.16. The van der Waals surface area contributed by atoms with E-state index < -0.39 is 0 Å². The van der Waals surface area contributed by atoms with Crippen molar-refractivity contribution in [1.29, 1.82) is 0 Å². The third-order valence-electron chi connectivity index (χ3n) is 4.64. The van der Waals surface area contributed by atoms with Crippen LogP contribution in [0.4, 0.5) is 0 Å². The molecule has 0 aromatic carbocycles. The SMILES string of the molecule is Cc1nnc(CNC(=NCc2ccsc2)NCCCN2CCOCC2)n1C. The van der Waals surface area contributed by atoms with E-state index in [1.165, 1.54) is 5.56 Å². The fourth-order valence-electron chi connectivity index (χ4n) is 2.83. The summed E-state index contributed by atoms with van der Waals surface area (Å²) in [7, 11) is 1.98. The van der Waals surface area contributed by atoms with Crippen LogP contribution in [0.25, 0.3) is 0 Å². The molecule has 0 amide bonds. The molecule has 0 aliphatic carbocycles. The third-order valence-corrected chi connectivity index (χ3v) is 5.38. The van der Waals surface area contributed by atoms with Crippen molar-refractivity contribution in [2.45, 2.75) is 26.4 Å². The predicted octanol–water partition coefficient (Wildman–Crippen LogP) is 1.14. The van der Waals surface area contributed by atoms with Gasteiger partial charge in [0.25, 0.3) is 0 Å². The second kappa shape index (κ2) is 10.4. The van der Waals surface area contributed by atoms with Crippen LogP contribution in [0.2, 0.25) is 0 Å². The van der Waals surface area contributed by atoms with Crippen LogP contribution < -0.4 is 10.6 Å². The van der Waals surface area contributed by atoms with Crippen molar-refractivity contribution in [3.63, 3.8) is 0 Å². The molecular formula is C18H29N7OS. The number of guanidine groups is 1. The number of ether oxygens (including phenoxy) is 1. The van der Waals surface area contributed by atoms with Crippen LogP contribution in [0.15, 0.2) is 21.8 Å². The first-order valence-corrected chi connectivity index (χ1v) is 10.3. The molecule has 2 aromatic rings. The number of nitrogens with zero attached hydrogens (tertiary/aromatic N) is 5. The summed E-state index contributed by atoms with van der Waals surface area (Å²) in [6.07, 6.45) is 1.07. The van der Waals surface area contributed by atoms with Gasteiger partial charge >= 0.3 is 0 Å². The summed E-state index contributed by atoms with van der Waals surface area (Å²) < 4.78 is 7.39. The highest BCUT2D eigenvalue weighted by Crippen LogP contribution is 2.07. The molecule has 2 N–H and O–H groups in total. The number of aliphatic imine (C=N–C) groups is 1. The second-order valence-electron chi connectivity index (χ2n) is 6.61. The maximum absolute atomic E-state index is 5.40. The predicted molar refractivity (Wildman–Crippen MR) is 108 cm³/mol. The lowest BCUT2D eigenvalue weighted by atomic mass is 10.3. The van der Waals surface area contributed by atoms with Crippen molar-refractivity contribution >= 4 is 17.3 Å². The monoisotopic (exact) mass is 391 g/mol. The summed E-state index contributed by atoms with van der Waals surface area (Å²) in [6.45, 7) is 8.92. The minimum atomic E-state index is 0.594. The van der Waals surface area contributed by atoms with Crippen LogP contribution in [-0.4, -0.2) is 65.0 Å². The van der Waals surface area contributed by atoms with Gasteiger partial charge in [0.2, 0.25) is 0 Å². The Balaban J connectivity index is 1.49. The fourth-order valence-corrected chi connectivity index (χ4v) is 3.49. The molecule has 1 saturated heterocycles. The second-order valence-corrected chi connectivity index (χ2v) is 7.39. The van der Waals surface area contributed by atoms with E-state index in [9.17, 15) is 0 Å². The summed E-state index contributed by atoms with van der Waals surface area (Å²) >= 11 is 1.70. The number of aryl methyl sites for hydroxylation is 1. The quantitative estimate of drug-likeness (QED) is 0.399. The van der Waals surface area contributed by atoms with Gasteiger partial charge in [-0.2, -0.15) is 11.3 Å². The van der Waals surface area contributed by atoms with Crippen molar-refractivity contribution < 1.29 is 4.74 Å². The first kappa shape index (κ1) is 19.8. The Bertz CT molecular complexity index is 707. The molecule has 27 heavy (non-hydrogen) atoms. The van der Waals surface area contributed by atoms with Gasteiger partial charge in [-0.15, -0.1) is 10.2 Å². The molecule has 0 radical (unpaired) electrons. The smallest absolute Gasteiger partial charge is 0.191 e. The molecule has 0 spiro atoms. The summed E-state index contributed by atoms with van der Waals surface area (Å²) in [5.41, 5.74) is 1.23. The lowest BCUT2D eigenvalue weighted by Gasteiger charge is -2.26. The summed E-state index contributed by atoms with van der Waals surface area (Å²) in [5.74, 6) is 2.61. The zero-order valence-corrected chi connectivity index (χ0v) is 17.0. The Kier molecular flexibility index (Phi) is 7.61. The molecule has 0 unspecified atom stereocenters. The summed E-state index contributed by atoms with van der Waals surface area (Å²) in [5, 5.41) is 19.3. The van der Waals surface area contributed by atoms with Gasteiger partial charge in [-0.3, -0.25) is 4.90 Å². The molecule has 3 heterocycles. The van der Waals surface area contributed by atoms with Gasteiger partial charge in [-0.1, -0.05) is 0 Å². The zero-order chi connectivity index (χ0) is 18.9. The van der Waals surface area contributed by atoms with Gasteiger partial charge in [0, 0.05) is 26.7 Å². The van der Waals surface area contributed by atoms with Crippen molar-refractivity contribution in [2.75, 3.05) is 39.4 Å². The van der Waals surface area contributed by atoms with E-state index in [1.807, 2.05) is 18.5 Å². The molecule has 0 atom stereocenters. The van der Waals surface area contributed by atoms with Crippen LogP contribution in [0.3, 0.4) is 0 Å². The Hall–Kier alpha value is -1.97. The molecule has 148 valence electrons. The topological polar surface area (TPSA) is 79.6 Å². The van der Waals surface area contributed by atoms with Gasteiger partial charge in [0.15, 0.2) is 11.8 Å². The summed E-state index contributed by atoms with van der Waals surface area (Å²) in [6, 6.07) is 2.11. The van der Waals surface area contributed by atoms with Crippen LogP contribution in [0.5, 0.6) is 0 Å². The van der Waals surface area contributed by atoms with Gasteiger partial charge < -0.3 is 19.9 Å². The molecule has 2 aromatic heterocycles. The molecular weight excluding hydrogens is 362 g/mol. The van der Waals surface area contributed by atoms with Crippen LogP contribution in [-0.2, 0) is 24.9 Å². The molecule has 0 bridgehead atoms. The van der Waals surface area contributed by atoms with Crippen molar-refractivity contribution in [3.05, 3.63) is 34.0 Å². The number of hydrogen-bond acceptors (Lipinski definition) is 6. The Morgan fingerprint density at radius 2 is 2.15 bits per heavy atom. The normalized spacial score (nSPS) is 15.9. The van der Waals surface area contributed by atoms with E-state index in [4.69, 9.17) is 9.73 Å². The molecule has 9 heteroatoms. The average Bonchev–Trinajstić information content (AvgIpc) is 3.32.